The molecule has 3 aromatic rings. The van der Waals surface area contributed by atoms with Gasteiger partial charge in [0.15, 0.2) is 5.82 Å². The minimum atomic E-state index is -0.548. The topological polar surface area (TPSA) is 132 Å². The maximum absolute atomic E-state index is 13.1. The maximum Gasteiger partial charge on any atom is 0.435 e. The molecule has 0 aliphatic carbocycles. The summed E-state index contributed by atoms with van der Waals surface area (Å²) in [7, 11) is 0. The average Bonchev–Trinajstić information content (AvgIpc) is 3.45. The number of carbonyl (C=O) groups is 2. The van der Waals surface area contributed by atoms with Gasteiger partial charge in [-0.2, -0.15) is 4.68 Å². The lowest BCUT2D eigenvalue weighted by atomic mass is 10.0. The molecule has 2 aromatic carbocycles. The molecule has 1 unspecified atom stereocenters. The third-order valence-electron chi connectivity index (χ3n) is 7.04. The summed E-state index contributed by atoms with van der Waals surface area (Å²) in [4.78, 5) is 38.3. The Balaban J connectivity index is 1.31. The number of anilines is 1. The molecule has 2 aliphatic rings. The third-order valence-corrected chi connectivity index (χ3v) is 7.04. The molecule has 38 heavy (non-hydrogen) atoms. The largest absolute Gasteiger partial charge is 0.443 e. The normalized spacial score (nSPS) is 18.1. The van der Waals surface area contributed by atoms with E-state index in [4.69, 9.17) is 4.74 Å². The van der Waals surface area contributed by atoms with Crippen molar-refractivity contribution in [2.45, 2.75) is 51.4 Å². The molecule has 0 saturated carbocycles. The zero-order chi connectivity index (χ0) is 26.9. The van der Waals surface area contributed by atoms with Crippen LogP contribution >= 0.6 is 0 Å². The molecule has 1 aromatic heterocycles. The molecule has 1 atom stereocenters. The van der Waals surface area contributed by atoms with Crippen LogP contribution in [-0.2, 0) is 23.4 Å². The van der Waals surface area contributed by atoms with Crippen LogP contribution in [0.4, 0.5) is 16.3 Å². The quantitative estimate of drug-likeness (QED) is 0.369. The number of nitro benzene ring substituents is 1. The van der Waals surface area contributed by atoms with E-state index in [1.54, 1.807) is 4.90 Å². The minimum Gasteiger partial charge on any atom is -0.443 e. The van der Waals surface area contributed by atoms with Gasteiger partial charge in [0, 0.05) is 48.9 Å². The van der Waals surface area contributed by atoms with Crippen LogP contribution in [0, 0.1) is 10.1 Å². The number of non-ortho nitro benzene ring substituents is 1. The molecule has 2 N–H and O–H groups in total. The van der Waals surface area contributed by atoms with E-state index in [0.29, 0.717) is 31.0 Å². The molecule has 1 amide bonds. The molecular weight excluding hydrogens is 488 g/mol. The van der Waals surface area contributed by atoms with Crippen molar-refractivity contribution in [2.24, 2.45) is 0 Å². The van der Waals surface area contributed by atoms with Gasteiger partial charge in [0.1, 0.15) is 6.61 Å². The molecule has 1 saturated heterocycles. The Morgan fingerprint density at radius 2 is 1.92 bits per heavy atom. The highest BCUT2D eigenvalue weighted by Gasteiger charge is 2.39. The van der Waals surface area contributed by atoms with E-state index < -0.39 is 16.6 Å². The predicted octanol–water partition coefficient (Wildman–Crippen LogP) is 4.03. The Hall–Kier alpha value is -4.25. The lowest BCUT2D eigenvalue weighted by Crippen LogP contribution is -2.45. The Morgan fingerprint density at radius 1 is 1.18 bits per heavy atom. The second-order valence-electron chi connectivity index (χ2n) is 10.1. The van der Waals surface area contributed by atoms with Crippen molar-refractivity contribution in [3.63, 3.8) is 0 Å². The van der Waals surface area contributed by atoms with E-state index in [9.17, 15) is 19.7 Å². The number of amides is 1. The van der Waals surface area contributed by atoms with Crippen molar-refractivity contribution in [1.82, 2.24) is 20.0 Å². The monoisotopic (exact) mass is 518 g/mol. The fourth-order valence-electron chi connectivity index (χ4n) is 5.06. The van der Waals surface area contributed by atoms with Crippen molar-refractivity contribution in [3.8, 4) is 0 Å². The molecular formula is C27H30N6O5. The highest BCUT2D eigenvalue weighted by atomic mass is 16.6. The fraction of sp³-hybridized carbons (Fsp3) is 0.370. The first-order valence-electron chi connectivity index (χ1n) is 12.6. The zero-order valence-electron chi connectivity index (χ0n) is 21.3. The highest BCUT2D eigenvalue weighted by molar-refractivity contribution is 5.94. The van der Waals surface area contributed by atoms with Crippen LogP contribution in [0.5, 0.6) is 0 Å². The molecule has 2 aliphatic heterocycles. The van der Waals surface area contributed by atoms with Crippen LogP contribution in [0.3, 0.4) is 0 Å². The van der Waals surface area contributed by atoms with Gasteiger partial charge in [0.25, 0.3) is 11.6 Å². The number of likely N-dealkylation sites (tertiary alicyclic amines) is 1. The Morgan fingerprint density at radius 3 is 2.63 bits per heavy atom. The summed E-state index contributed by atoms with van der Waals surface area (Å²) >= 11 is 0. The highest BCUT2D eigenvalue weighted by Crippen LogP contribution is 2.36. The number of hydrogen-bond donors (Lipinski definition) is 2. The lowest BCUT2D eigenvalue weighted by molar-refractivity contribution is -0.384. The molecule has 5 rings (SSSR count). The summed E-state index contributed by atoms with van der Waals surface area (Å²) < 4.78 is 6.90. The molecule has 11 heteroatoms. The minimum absolute atomic E-state index is 0.0528. The van der Waals surface area contributed by atoms with E-state index in [1.165, 1.54) is 28.9 Å². The number of rotatable bonds is 6. The van der Waals surface area contributed by atoms with E-state index in [0.717, 1.165) is 29.7 Å². The number of fused-ring (bicyclic) bond motifs is 1. The summed E-state index contributed by atoms with van der Waals surface area (Å²) in [6, 6.07) is 15.1. The van der Waals surface area contributed by atoms with Gasteiger partial charge in [-0.1, -0.05) is 30.3 Å². The summed E-state index contributed by atoms with van der Waals surface area (Å²) in [6.45, 7) is 5.74. The van der Waals surface area contributed by atoms with Gasteiger partial charge in [0.2, 0.25) is 0 Å². The third kappa shape index (κ3) is 5.10. The summed E-state index contributed by atoms with van der Waals surface area (Å²) in [5, 5.41) is 22.4. The maximum atomic E-state index is 13.1. The van der Waals surface area contributed by atoms with Gasteiger partial charge >= 0.3 is 6.09 Å². The molecule has 0 radical (unpaired) electrons. The van der Waals surface area contributed by atoms with Crippen LogP contribution in [0.2, 0.25) is 0 Å². The summed E-state index contributed by atoms with van der Waals surface area (Å²) in [6.07, 6.45) is 1.08. The Kier molecular flexibility index (Phi) is 6.85. The smallest absolute Gasteiger partial charge is 0.435 e. The van der Waals surface area contributed by atoms with E-state index in [2.05, 4.69) is 15.7 Å². The van der Waals surface area contributed by atoms with Crippen LogP contribution in [0.1, 0.15) is 53.9 Å². The van der Waals surface area contributed by atoms with Crippen molar-refractivity contribution >= 4 is 23.5 Å². The Labute approximate surface area is 219 Å². The van der Waals surface area contributed by atoms with Crippen molar-refractivity contribution < 1.29 is 19.2 Å². The number of ether oxygens (including phenoxy) is 1. The van der Waals surface area contributed by atoms with Gasteiger partial charge in [-0.15, -0.1) is 5.10 Å². The standard InChI is InChI=1S/C27H30N6O5/c1-27(2)23-22(15-28-27)24(30-32(23)26(35)38-17-18-7-4-3-5-8-18)29-20-9-6-14-31(16-20)25(34)19-10-12-21(13-11-19)33(36)37/h3-5,7-8,10-13,20,28H,6,9,14-17H2,1-2H3,(H,29,30). The van der Waals surface area contributed by atoms with E-state index in [-0.39, 0.29) is 24.2 Å². The Bertz CT molecular complexity index is 1350. The summed E-state index contributed by atoms with van der Waals surface area (Å²) in [5.74, 6) is 0.429. The number of aromatic nitrogens is 2. The van der Waals surface area contributed by atoms with Crippen molar-refractivity contribution in [1.29, 1.82) is 0 Å². The number of nitrogens with zero attached hydrogens (tertiary/aromatic N) is 4. The van der Waals surface area contributed by atoms with Gasteiger partial charge in [-0.3, -0.25) is 14.9 Å². The van der Waals surface area contributed by atoms with E-state index in [1.807, 2.05) is 44.2 Å². The second-order valence-corrected chi connectivity index (χ2v) is 10.1. The van der Waals surface area contributed by atoms with Gasteiger partial charge in [0.05, 0.1) is 16.2 Å². The first kappa shape index (κ1) is 25.4. The number of nitro groups is 1. The van der Waals surface area contributed by atoms with Crippen LogP contribution in [-0.4, -0.2) is 50.7 Å². The van der Waals surface area contributed by atoms with Gasteiger partial charge in [-0.05, 0) is 44.4 Å². The summed E-state index contributed by atoms with van der Waals surface area (Å²) in [5.41, 5.74) is 2.44. The molecule has 11 nitrogen and oxygen atoms in total. The number of hydrogen-bond acceptors (Lipinski definition) is 8. The van der Waals surface area contributed by atoms with E-state index >= 15 is 0 Å². The van der Waals surface area contributed by atoms with Crippen LogP contribution in [0.25, 0.3) is 0 Å². The molecule has 198 valence electrons. The van der Waals surface area contributed by atoms with Crippen LogP contribution in [0.15, 0.2) is 54.6 Å². The molecule has 3 heterocycles. The molecule has 1 fully saturated rings. The van der Waals surface area contributed by atoms with Crippen molar-refractivity contribution in [3.05, 3.63) is 87.1 Å². The van der Waals surface area contributed by atoms with Crippen molar-refractivity contribution in [2.75, 3.05) is 18.4 Å². The molecule has 0 bridgehead atoms. The fourth-order valence-corrected chi connectivity index (χ4v) is 5.06. The first-order chi connectivity index (χ1) is 18.2. The zero-order valence-corrected chi connectivity index (χ0v) is 21.3. The van der Waals surface area contributed by atoms with Crippen LogP contribution < -0.4 is 10.6 Å². The average molecular weight is 519 g/mol. The predicted molar refractivity (Wildman–Crippen MR) is 140 cm³/mol. The van der Waals surface area contributed by atoms with Gasteiger partial charge < -0.3 is 20.3 Å². The number of carbonyl (C=O) groups excluding carboxylic acids is 2. The number of benzene rings is 2. The lowest BCUT2D eigenvalue weighted by Gasteiger charge is -2.33. The SMILES string of the molecule is CC1(C)NCc2c(NC3CCCN(C(=O)c4ccc([N+](=O)[O-])cc4)C3)nn(C(=O)OCc3ccccc3)c21. The second kappa shape index (κ2) is 10.3. The van der Waals surface area contributed by atoms with Gasteiger partial charge in [-0.25, -0.2) is 4.79 Å². The first-order valence-corrected chi connectivity index (χ1v) is 12.6. The number of nitrogens with one attached hydrogen (secondary N) is 2. The molecule has 0 spiro atoms. The number of piperidine rings is 1.